The predicted octanol–water partition coefficient (Wildman–Crippen LogP) is 3.55. The highest BCUT2D eigenvalue weighted by Gasteiger charge is 2.15. The average Bonchev–Trinajstić information content (AvgIpc) is 2.65. The van der Waals surface area contributed by atoms with Crippen LogP contribution in [-0.2, 0) is 14.3 Å². The second-order valence-electron chi connectivity index (χ2n) is 5.99. The molecule has 1 N–H and O–H groups in total. The molecule has 0 aliphatic rings. The van der Waals surface area contributed by atoms with E-state index < -0.39 is 17.8 Å². The summed E-state index contributed by atoms with van der Waals surface area (Å²) in [6, 6.07) is 7.60. The van der Waals surface area contributed by atoms with E-state index in [1.165, 1.54) is 32.4 Å². The molecule has 0 spiro atoms. The van der Waals surface area contributed by atoms with E-state index in [0.717, 1.165) is 11.1 Å². The normalized spacial score (nSPS) is 10.2. The molecule has 0 atom stereocenters. The fourth-order valence-electron chi connectivity index (χ4n) is 2.63. The highest BCUT2D eigenvalue weighted by molar-refractivity contribution is 6.30. The highest BCUT2D eigenvalue weighted by atomic mass is 35.5. The van der Waals surface area contributed by atoms with Gasteiger partial charge in [-0.1, -0.05) is 11.6 Å². The van der Waals surface area contributed by atoms with Crippen molar-refractivity contribution in [1.82, 2.24) is 0 Å². The maximum Gasteiger partial charge on any atom is 0.337 e. The average molecular weight is 406 g/mol. The van der Waals surface area contributed by atoms with Gasteiger partial charge in [-0.25, -0.2) is 9.59 Å². The molecule has 0 fully saturated rings. The molecule has 148 valence electrons. The SMILES string of the molecule is COC(=O)c1cc(NC(=O)COc2c(C)cc(Cl)cc2C)cc(C(=O)OC)c1. The number of nitrogens with one attached hydrogen (secondary N) is 1. The molecule has 7 nitrogen and oxygen atoms in total. The van der Waals surface area contributed by atoms with Crippen LogP contribution in [0.5, 0.6) is 5.75 Å². The van der Waals surface area contributed by atoms with Crippen LogP contribution in [0.3, 0.4) is 0 Å². The topological polar surface area (TPSA) is 90.9 Å². The summed E-state index contributed by atoms with van der Waals surface area (Å²) < 4.78 is 14.9. The molecule has 8 heteroatoms. The minimum absolute atomic E-state index is 0.103. The Morgan fingerprint density at radius 1 is 0.893 bits per heavy atom. The zero-order valence-corrected chi connectivity index (χ0v) is 16.7. The lowest BCUT2D eigenvalue weighted by Gasteiger charge is -2.13. The number of benzene rings is 2. The Kier molecular flexibility index (Phi) is 7.00. The molecule has 0 heterocycles. The fraction of sp³-hybridized carbons (Fsp3) is 0.250. The number of hydrogen-bond acceptors (Lipinski definition) is 6. The Labute approximate surface area is 167 Å². The first-order valence-electron chi connectivity index (χ1n) is 8.26. The number of methoxy groups -OCH3 is 2. The van der Waals surface area contributed by atoms with Gasteiger partial charge in [0, 0.05) is 10.7 Å². The molecule has 0 aliphatic heterocycles. The van der Waals surface area contributed by atoms with Gasteiger partial charge in [-0.05, 0) is 55.3 Å². The summed E-state index contributed by atoms with van der Waals surface area (Å²) in [6.45, 7) is 3.39. The van der Waals surface area contributed by atoms with Crippen LogP contribution in [0.4, 0.5) is 5.69 Å². The van der Waals surface area contributed by atoms with Crippen LogP contribution in [0.15, 0.2) is 30.3 Å². The molecular formula is C20H20ClNO6. The Balaban J connectivity index is 2.17. The zero-order valence-electron chi connectivity index (χ0n) is 15.9. The molecule has 0 bridgehead atoms. The molecule has 0 saturated carbocycles. The molecule has 2 rings (SSSR count). The lowest BCUT2D eigenvalue weighted by molar-refractivity contribution is -0.118. The number of amides is 1. The number of esters is 2. The second kappa shape index (κ2) is 9.23. The van der Waals surface area contributed by atoms with Crippen LogP contribution in [0, 0.1) is 13.8 Å². The van der Waals surface area contributed by atoms with Crippen molar-refractivity contribution in [1.29, 1.82) is 0 Å². The quantitative estimate of drug-likeness (QED) is 0.739. The van der Waals surface area contributed by atoms with Crippen molar-refractivity contribution in [3.63, 3.8) is 0 Å². The third kappa shape index (κ3) is 5.23. The number of aryl methyl sites for hydroxylation is 2. The number of carbonyl (C=O) groups is 3. The minimum Gasteiger partial charge on any atom is -0.483 e. The van der Waals surface area contributed by atoms with Crippen molar-refractivity contribution in [3.05, 3.63) is 57.6 Å². The van der Waals surface area contributed by atoms with Gasteiger partial charge in [0.25, 0.3) is 5.91 Å². The lowest BCUT2D eigenvalue weighted by atomic mass is 10.1. The van der Waals surface area contributed by atoms with Crippen molar-refractivity contribution in [2.45, 2.75) is 13.8 Å². The van der Waals surface area contributed by atoms with Gasteiger partial charge in [0.1, 0.15) is 5.75 Å². The largest absolute Gasteiger partial charge is 0.483 e. The molecule has 0 radical (unpaired) electrons. The molecule has 1 amide bonds. The van der Waals surface area contributed by atoms with Crippen LogP contribution in [-0.4, -0.2) is 38.7 Å². The summed E-state index contributed by atoms with van der Waals surface area (Å²) in [4.78, 5) is 35.9. The smallest absolute Gasteiger partial charge is 0.337 e. The van der Waals surface area contributed by atoms with Gasteiger partial charge in [0.05, 0.1) is 25.3 Å². The maximum atomic E-state index is 12.3. The standard InChI is InChI=1S/C20H20ClNO6/c1-11-5-15(21)6-12(2)18(11)28-10-17(23)22-16-8-13(19(24)26-3)7-14(9-16)20(25)27-4/h5-9H,10H2,1-4H3,(H,22,23). The Hall–Kier alpha value is -3.06. The molecule has 0 unspecified atom stereocenters. The number of halogens is 1. The molecule has 0 saturated heterocycles. The summed E-state index contributed by atoms with van der Waals surface area (Å²) in [5.74, 6) is -1.19. The van der Waals surface area contributed by atoms with E-state index >= 15 is 0 Å². The summed E-state index contributed by atoms with van der Waals surface area (Å²) in [5.41, 5.74) is 2.05. The van der Waals surface area contributed by atoms with E-state index in [9.17, 15) is 14.4 Å². The molecule has 2 aromatic carbocycles. The van der Waals surface area contributed by atoms with Crippen LogP contribution in [0.25, 0.3) is 0 Å². The van der Waals surface area contributed by atoms with Crippen LogP contribution >= 0.6 is 11.6 Å². The Morgan fingerprint density at radius 2 is 1.39 bits per heavy atom. The third-order valence-electron chi connectivity index (χ3n) is 3.83. The van der Waals surface area contributed by atoms with Gasteiger partial charge in [0.15, 0.2) is 6.61 Å². The van der Waals surface area contributed by atoms with Crippen molar-refractivity contribution in [2.24, 2.45) is 0 Å². The Bertz CT molecular complexity index is 868. The monoisotopic (exact) mass is 405 g/mol. The third-order valence-corrected chi connectivity index (χ3v) is 4.05. The van der Waals surface area contributed by atoms with Gasteiger partial charge in [0.2, 0.25) is 0 Å². The van der Waals surface area contributed by atoms with Crippen LogP contribution in [0.2, 0.25) is 5.02 Å². The number of hydrogen-bond donors (Lipinski definition) is 1. The van der Waals surface area contributed by atoms with E-state index in [0.29, 0.717) is 10.8 Å². The zero-order chi connectivity index (χ0) is 20.8. The highest BCUT2D eigenvalue weighted by Crippen LogP contribution is 2.27. The van der Waals surface area contributed by atoms with Gasteiger partial charge in [-0.15, -0.1) is 0 Å². The van der Waals surface area contributed by atoms with Crippen molar-refractivity contribution >= 4 is 35.1 Å². The van der Waals surface area contributed by atoms with E-state index in [-0.39, 0.29) is 23.4 Å². The molecule has 0 aliphatic carbocycles. The van der Waals surface area contributed by atoms with Gasteiger partial charge in [-0.2, -0.15) is 0 Å². The Morgan fingerprint density at radius 3 is 1.86 bits per heavy atom. The number of anilines is 1. The van der Waals surface area contributed by atoms with Crippen LogP contribution in [0.1, 0.15) is 31.8 Å². The van der Waals surface area contributed by atoms with Crippen molar-refractivity contribution < 1.29 is 28.6 Å². The van der Waals surface area contributed by atoms with E-state index in [1.807, 2.05) is 13.8 Å². The number of rotatable bonds is 6. The predicted molar refractivity (Wildman–Crippen MR) is 104 cm³/mol. The van der Waals surface area contributed by atoms with E-state index in [4.69, 9.17) is 16.3 Å². The first-order chi connectivity index (χ1) is 13.2. The van der Waals surface area contributed by atoms with E-state index in [2.05, 4.69) is 14.8 Å². The first-order valence-corrected chi connectivity index (χ1v) is 8.64. The van der Waals surface area contributed by atoms with Crippen LogP contribution < -0.4 is 10.1 Å². The minimum atomic E-state index is -0.648. The van der Waals surface area contributed by atoms with Gasteiger partial charge < -0.3 is 19.5 Å². The first kappa shape index (κ1) is 21.2. The second-order valence-corrected chi connectivity index (χ2v) is 6.42. The summed E-state index contributed by atoms with van der Waals surface area (Å²) in [7, 11) is 2.44. The lowest BCUT2D eigenvalue weighted by Crippen LogP contribution is -2.21. The summed E-state index contributed by atoms with van der Waals surface area (Å²) >= 11 is 5.99. The van der Waals surface area contributed by atoms with Crippen molar-refractivity contribution in [3.8, 4) is 5.75 Å². The number of ether oxygens (including phenoxy) is 3. The van der Waals surface area contributed by atoms with E-state index in [1.54, 1.807) is 12.1 Å². The summed E-state index contributed by atoms with van der Waals surface area (Å²) in [5, 5.41) is 3.18. The number of carbonyl (C=O) groups excluding carboxylic acids is 3. The van der Waals surface area contributed by atoms with Gasteiger partial charge >= 0.3 is 11.9 Å². The maximum absolute atomic E-state index is 12.3. The van der Waals surface area contributed by atoms with Crippen molar-refractivity contribution in [2.75, 3.05) is 26.1 Å². The molecular weight excluding hydrogens is 386 g/mol. The molecule has 2 aromatic rings. The molecule has 28 heavy (non-hydrogen) atoms. The fourth-order valence-corrected chi connectivity index (χ4v) is 2.96. The molecule has 0 aromatic heterocycles. The summed E-state index contributed by atoms with van der Waals surface area (Å²) in [6.07, 6.45) is 0. The van der Waals surface area contributed by atoms with Gasteiger partial charge in [-0.3, -0.25) is 4.79 Å².